The second-order valence-electron chi connectivity index (χ2n) is 5.38. The zero-order valence-electron chi connectivity index (χ0n) is 12.1. The molecule has 2 aromatic heterocycles. The quantitative estimate of drug-likeness (QED) is 0.892. The molecule has 2 N–H and O–H groups in total. The van der Waals surface area contributed by atoms with E-state index in [1.807, 2.05) is 25.5 Å². The first-order valence-electron chi connectivity index (χ1n) is 7.14. The Morgan fingerprint density at radius 1 is 1.33 bits per heavy atom. The van der Waals surface area contributed by atoms with Crippen LogP contribution in [-0.2, 0) is 13.7 Å². The summed E-state index contributed by atoms with van der Waals surface area (Å²) in [5.74, 6) is 0.744. The number of anilines is 1. The number of hydrogen-bond donors (Lipinski definition) is 1. The fraction of sp³-hybridized carbons (Fsp3) is 0.500. The smallest absolute Gasteiger partial charge is 0.140 e. The number of nitrogens with zero attached hydrogens (tertiary/aromatic N) is 5. The Bertz CT molecular complexity index is 591. The maximum atomic E-state index is 5.94. The maximum absolute atomic E-state index is 5.94. The van der Waals surface area contributed by atoms with Crippen LogP contribution in [0, 0.1) is 0 Å². The van der Waals surface area contributed by atoms with Crippen LogP contribution in [0.25, 0.3) is 0 Å². The number of aryl methyl sites for hydroxylation is 1. The molecular formula is C14H20N6O. The van der Waals surface area contributed by atoms with Crippen molar-refractivity contribution in [2.24, 2.45) is 12.8 Å². The third-order valence-electron chi connectivity index (χ3n) is 3.64. The molecule has 7 heteroatoms. The van der Waals surface area contributed by atoms with Crippen LogP contribution in [0.3, 0.4) is 0 Å². The van der Waals surface area contributed by atoms with Gasteiger partial charge >= 0.3 is 0 Å². The molecule has 0 bridgehead atoms. The molecule has 1 saturated heterocycles. The van der Waals surface area contributed by atoms with Crippen LogP contribution in [0.2, 0.25) is 0 Å². The van der Waals surface area contributed by atoms with E-state index >= 15 is 0 Å². The molecule has 21 heavy (non-hydrogen) atoms. The Morgan fingerprint density at radius 3 is 2.86 bits per heavy atom. The lowest BCUT2D eigenvalue weighted by Gasteiger charge is -2.31. The SMILES string of the molecule is Cn1cc(COc2cncc(N3CCC(N)CC3)c2)nn1. The fourth-order valence-corrected chi connectivity index (χ4v) is 2.44. The molecule has 112 valence electrons. The molecule has 1 aliphatic heterocycles. The molecule has 0 spiro atoms. The highest BCUT2D eigenvalue weighted by atomic mass is 16.5. The van der Waals surface area contributed by atoms with E-state index in [1.165, 1.54) is 0 Å². The molecule has 7 nitrogen and oxygen atoms in total. The van der Waals surface area contributed by atoms with Gasteiger partial charge in [-0.25, -0.2) is 0 Å². The lowest BCUT2D eigenvalue weighted by molar-refractivity contribution is 0.300. The molecule has 0 aliphatic carbocycles. The van der Waals surface area contributed by atoms with E-state index in [9.17, 15) is 0 Å². The summed E-state index contributed by atoms with van der Waals surface area (Å²) in [5.41, 5.74) is 7.82. The Hall–Kier alpha value is -2.15. The van der Waals surface area contributed by atoms with Crippen LogP contribution < -0.4 is 15.4 Å². The van der Waals surface area contributed by atoms with E-state index in [-0.39, 0.29) is 0 Å². The van der Waals surface area contributed by atoms with Crippen LogP contribution >= 0.6 is 0 Å². The van der Waals surface area contributed by atoms with Gasteiger partial charge in [0.05, 0.1) is 24.3 Å². The second kappa shape index (κ2) is 6.09. The van der Waals surface area contributed by atoms with Gasteiger partial charge in [-0.1, -0.05) is 5.21 Å². The molecule has 0 atom stereocenters. The van der Waals surface area contributed by atoms with Gasteiger partial charge in [-0.15, -0.1) is 5.10 Å². The average molecular weight is 288 g/mol. The largest absolute Gasteiger partial charge is 0.485 e. The van der Waals surface area contributed by atoms with Crippen LogP contribution in [-0.4, -0.2) is 39.1 Å². The summed E-state index contributed by atoms with van der Waals surface area (Å²) in [4.78, 5) is 6.55. The van der Waals surface area contributed by atoms with Crippen LogP contribution in [0.1, 0.15) is 18.5 Å². The predicted octanol–water partition coefficient (Wildman–Crippen LogP) is 0.717. The van der Waals surface area contributed by atoms with Crippen molar-refractivity contribution >= 4 is 5.69 Å². The average Bonchev–Trinajstić information content (AvgIpc) is 2.92. The van der Waals surface area contributed by atoms with Crippen LogP contribution in [0.4, 0.5) is 5.69 Å². The molecule has 1 fully saturated rings. The molecule has 0 saturated carbocycles. The monoisotopic (exact) mass is 288 g/mol. The number of pyridine rings is 1. The van der Waals surface area contributed by atoms with Crippen molar-refractivity contribution < 1.29 is 4.74 Å². The number of ether oxygens (including phenoxy) is 1. The van der Waals surface area contributed by atoms with Gasteiger partial charge in [-0.05, 0) is 12.8 Å². The van der Waals surface area contributed by atoms with Crippen LogP contribution in [0.5, 0.6) is 5.75 Å². The minimum atomic E-state index is 0.324. The Balaban J connectivity index is 1.63. The highest BCUT2D eigenvalue weighted by Gasteiger charge is 2.17. The van der Waals surface area contributed by atoms with E-state index in [4.69, 9.17) is 10.5 Å². The minimum absolute atomic E-state index is 0.324. The van der Waals surface area contributed by atoms with Crippen molar-refractivity contribution in [3.8, 4) is 5.75 Å². The molecule has 3 heterocycles. The number of piperidine rings is 1. The summed E-state index contributed by atoms with van der Waals surface area (Å²) in [6.07, 6.45) is 7.46. The number of hydrogen-bond acceptors (Lipinski definition) is 6. The number of nitrogens with two attached hydrogens (primary N) is 1. The summed E-state index contributed by atoms with van der Waals surface area (Å²) in [7, 11) is 1.83. The van der Waals surface area contributed by atoms with Gasteiger partial charge in [0, 0.05) is 32.2 Å². The van der Waals surface area contributed by atoms with Gasteiger partial charge in [0.15, 0.2) is 0 Å². The number of aromatic nitrogens is 4. The Morgan fingerprint density at radius 2 is 2.14 bits per heavy atom. The van der Waals surface area contributed by atoms with E-state index in [2.05, 4.69) is 20.2 Å². The summed E-state index contributed by atoms with van der Waals surface area (Å²) in [6, 6.07) is 2.34. The van der Waals surface area contributed by atoms with Gasteiger partial charge in [0.25, 0.3) is 0 Å². The minimum Gasteiger partial charge on any atom is -0.485 e. The highest BCUT2D eigenvalue weighted by Crippen LogP contribution is 2.23. The van der Waals surface area contributed by atoms with Crippen molar-refractivity contribution in [2.45, 2.75) is 25.5 Å². The first-order valence-corrected chi connectivity index (χ1v) is 7.14. The Labute approximate surface area is 123 Å². The first-order chi connectivity index (χ1) is 10.2. The molecule has 1 aliphatic rings. The normalized spacial score (nSPS) is 16.2. The molecule has 0 unspecified atom stereocenters. The highest BCUT2D eigenvalue weighted by molar-refractivity contribution is 5.48. The van der Waals surface area contributed by atoms with E-state index in [0.29, 0.717) is 12.6 Å². The van der Waals surface area contributed by atoms with Crippen molar-refractivity contribution in [1.82, 2.24) is 20.0 Å². The summed E-state index contributed by atoms with van der Waals surface area (Å²) < 4.78 is 7.39. The zero-order valence-corrected chi connectivity index (χ0v) is 12.1. The Kier molecular flexibility index (Phi) is 4.01. The third-order valence-corrected chi connectivity index (χ3v) is 3.64. The lowest BCUT2D eigenvalue weighted by Crippen LogP contribution is -2.39. The van der Waals surface area contributed by atoms with E-state index in [1.54, 1.807) is 10.9 Å². The second-order valence-corrected chi connectivity index (χ2v) is 5.38. The molecule has 0 aromatic carbocycles. The predicted molar refractivity (Wildman–Crippen MR) is 79.0 cm³/mol. The zero-order chi connectivity index (χ0) is 14.7. The van der Waals surface area contributed by atoms with Crippen molar-refractivity contribution in [1.29, 1.82) is 0 Å². The van der Waals surface area contributed by atoms with Crippen molar-refractivity contribution in [3.63, 3.8) is 0 Å². The summed E-state index contributed by atoms with van der Waals surface area (Å²) in [6.45, 7) is 2.33. The molecule has 0 radical (unpaired) electrons. The fourth-order valence-electron chi connectivity index (χ4n) is 2.44. The molecular weight excluding hydrogens is 268 g/mol. The lowest BCUT2D eigenvalue weighted by atomic mass is 10.1. The standard InChI is InChI=1S/C14H20N6O/c1-19-9-12(17-18-19)10-21-14-6-13(7-16-8-14)20-4-2-11(15)3-5-20/h6-9,11H,2-5,10,15H2,1H3. The van der Waals surface area contributed by atoms with E-state index < -0.39 is 0 Å². The van der Waals surface area contributed by atoms with E-state index in [0.717, 1.165) is 43.1 Å². The summed E-state index contributed by atoms with van der Waals surface area (Å²) >= 11 is 0. The third kappa shape index (κ3) is 3.49. The molecule has 3 rings (SSSR count). The maximum Gasteiger partial charge on any atom is 0.140 e. The van der Waals surface area contributed by atoms with Crippen molar-refractivity contribution in [3.05, 3.63) is 30.4 Å². The topological polar surface area (TPSA) is 82.1 Å². The van der Waals surface area contributed by atoms with Gasteiger partial charge in [0.2, 0.25) is 0 Å². The molecule has 0 amide bonds. The first kappa shape index (κ1) is 13.8. The molecule has 2 aromatic rings. The van der Waals surface area contributed by atoms with Crippen molar-refractivity contribution in [2.75, 3.05) is 18.0 Å². The van der Waals surface area contributed by atoms with Crippen LogP contribution in [0.15, 0.2) is 24.7 Å². The van der Waals surface area contributed by atoms with Gasteiger partial charge in [-0.3, -0.25) is 9.67 Å². The van der Waals surface area contributed by atoms with Gasteiger partial charge < -0.3 is 15.4 Å². The van der Waals surface area contributed by atoms with Gasteiger partial charge in [-0.2, -0.15) is 0 Å². The number of rotatable bonds is 4. The van der Waals surface area contributed by atoms with Gasteiger partial charge in [0.1, 0.15) is 18.1 Å². The summed E-state index contributed by atoms with van der Waals surface area (Å²) in [5, 5.41) is 7.87.